The van der Waals surface area contributed by atoms with Crippen molar-refractivity contribution in [1.82, 2.24) is 10.1 Å². The molecule has 0 saturated heterocycles. The van der Waals surface area contributed by atoms with Gasteiger partial charge in [0.2, 0.25) is 0 Å². The number of halogens is 2. The predicted molar refractivity (Wildman–Crippen MR) is 73.4 cm³/mol. The fourth-order valence-electron chi connectivity index (χ4n) is 1.83. The molecule has 106 valence electrons. The van der Waals surface area contributed by atoms with E-state index < -0.39 is 11.6 Å². The number of hydrogen-bond acceptors (Lipinski definition) is 4. The van der Waals surface area contributed by atoms with E-state index in [2.05, 4.69) is 15.5 Å². The summed E-state index contributed by atoms with van der Waals surface area (Å²) in [6.45, 7) is 0.136. The summed E-state index contributed by atoms with van der Waals surface area (Å²) in [7, 11) is 0. The van der Waals surface area contributed by atoms with Crippen molar-refractivity contribution in [2.24, 2.45) is 0 Å². The standard InChI is InChI=1S/C15H11F2N3O/c16-11-6-7-12(17)13(8-11)18-9-14-19-15(21-20-14)10-4-2-1-3-5-10/h1-8,18H,9H2. The van der Waals surface area contributed by atoms with E-state index in [1.165, 1.54) is 0 Å². The van der Waals surface area contributed by atoms with Gasteiger partial charge in [-0.1, -0.05) is 23.4 Å². The molecular formula is C15H11F2N3O. The number of benzene rings is 2. The normalized spacial score (nSPS) is 10.6. The molecule has 0 aliphatic rings. The van der Waals surface area contributed by atoms with E-state index in [0.29, 0.717) is 11.7 Å². The topological polar surface area (TPSA) is 51.0 Å². The van der Waals surface area contributed by atoms with Crippen LogP contribution in [0.15, 0.2) is 53.1 Å². The second-order valence-corrected chi connectivity index (χ2v) is 4.36. The van der Waals surface area contributed by atoms with Gasteiger partial charge in [-0.05, 0) is 30.3 Å². The van der Waals surface area contributed by atoms with Crippen molar-refractivity contribution in [1.29, 1.82) is 0 Å². The first-order chi connectivity index (χ1) is 10.2. The van der Waals surface area contributed by atoms with Crippen molar-refractivity contribution in [3.05, 3.63) is 66.0 Å². The van der Waals surface area contributed by atoms with E-state index in [1.54, 1.807) is 0 Å². The van der Waals surface area contributed by atoms with Crippen molar-refractivity contribution in [3.63, 3.8) is 0 Å². The summed E-state index contributed by atoms with van der Waals surface area (Å²) >= 11 is 0. The SMILES string of the molecule is Fc1ccc(F)c(NCc2noc(-c3ccccc3)n2)c1. The molecule has 3 rings (SSSR count). The zero-order valence-corrected chi connectivity index (χ0v) is 10.9. The number of aromatic nitrogens is 2. The summed E-state index contributed by atoms with van der Waals surface area (Å²) in [5, 5.41) is 6.53. The summed E-state index contributed by atoms with van der Waals surface area (Å²) in [5.41, 5.74) is 0.856. The predicted octanol–water partition coefficient (Wildman–Crippen LogP) is 3.63. The highest BCUT2D eigenvalue weighted by Crippen LogP contribution is 2.18. The Morgan fingerprint density at radius 2 is 1.86 bits per heavy atom. The molecule has 0 fully saturated rings. The van der Waals surface area contributed by atoms with Gasteiger partial charge in [0.15, 0.2) is 5.82 Å². The molecule has 4 nitrogen and oxygen atoms in total. The van der Waals surface area contributed by atoms with Gasteiger partial charge in [0.1, 0.15) is 11.6 Å². The summed E-state index contributed by atoms with van der Waals surface area (Å²) in [4.78, 5) is 4.19. The fraction of sp³-hybridized carbons (Fsp3) is 0.0667. The Morgan fingerprint density at radius 3 is 2.67 bits per heavy atom. The second-order valence-electron chi connectivity index (χ2n) is 4.36. The number of hydrogen-bond donors (Lipinski definition) is 1. The third kappa shape index (κ3) is 3.05. The van der Waals surface area contributed by atoms with Crippen molar-refractivity contribution >= 4 is 5.69 Å². The van der Waals surface area contributed by atoms with Crippen LogP contribution in [-0.2, 0) is 6.54 Å². The molecule has 0 unspecified atom stereocenters. The first-order valence-corrected chi connectivity index (χ1v) is 6.29. The van der Waals surface area contributed by atoms with Crippen molar-refractivity contribution in [2.45, 2.75) is 6.54 Å². The Labute approximate surface area is 119 Å². The lowest BCUT2D eigenvalue weighted by atomic mass is 10.2. The first-order valence-electron chi connectivity index (χ1n) is 6.29. The average molecular weight is 287 g/mol. The molecule has 0 amide bonds. The lowest BCUT2D eigenvalue weighted by Crippen LogP contribution is -2.03. The molecule has 0 bridgehead atoms. The molecule has 0 aliphatic heterocycles. The Morgan fingerprint density at radius 1 is 1.05 bits per heavy atom. The van der Waals surface area contributed by atoms with Gasteiger partial charge >= 0.3 is 0 Å². The minimum absolute atomic E-state index is 0.0565. The van der Waals surface area contributed by atoms with Crippen LogP contribution in [-0.4, -0.2) is 10.1 Å². The molecule has 0 radical (unpaired) electrons. The molecule has 3 aromatic rings. The van der Waals surface area contributed by atoms with E-state index in [4.69, 9.17) is 4.52 Å². The van der Waals surface area contributed by atoms with Crippen LogP contribution in [0.1, 0.15) is 5.82 Å². The number of rotatable bonds is 4. The highest BCUT2D eigenvalue weighted by Gasteiger charge is 2.09. The van der Waals surface area contributed by atoms with Gasteiger partial charge in [0, 0.05) is 5.56 Å². The van der Waals surface area contributed by atoms with E-state index in [1.807, 2.05) is 30.3 Å². The third-order valence-corrected chi connectivity index (χ3v) is 2.85. The van der Waals surface area contributed by atoms with E-state index in [9.17, 15) is 8.78 Å². The van der Waals surface area contributed by atoms with Gasteiger partial charge in [-0.15, -0.1) is 0 Å². The van der Waals surface area contributed by atoms with Crippen molar-refractivity contribution in [2.75, 3.05) is 5.32 Å². The van der Waals surface area contributed by atoms with Crippen LogP contribution in [0.3, 0.4) is 0 Å². The summed E-state index contributed by atoms with van der Waals surface area (Å²) in [5.74, 6) is -0.315. The number of nitrogens with one attached hydrogen (secondary N) is 1. The third-order valence-electron chi connectivity index (χ3n) is 2.85. The van der Waals surface area contributed by atoms with Gasteiger partial charge in [0.25, 0.3) is 5.89 Å². The van der Waals surface area contributed by atoms with Gasteiger partial charge in [-0.2, -0.15) is 4.98 Å². The quantitative estimate of drug-likeness (QED) is 0.796. The zero-order valence-electron chi connectivity index (χ0n) is 10.9. The molecule has 2 aromatic carbocycles. The monoisotopic (exact) mass is 287 g/mol. The summed E-state index contributed by atoms with van der Waals surface area (Å²) in [6.07, 6.45) is 0. The lowest BCUT2D eigenvalue weighted by molar-refractivity contribution is 0.423. The van der Waals surface area contributed by atoms with Crippen LogP contribution in [0.5, 0.6) is 0 Å². The summed E-state index contributed by atoms with van der Waals surface area (Å²) in [6, 6.07) is 12.5. The molecule has 0 saturated carbocycles. The second kappa shape index (κ2) is 5.70. The highest BCUT2D eigenvalue weighted by molar-refractivity contribution is 5.52. The van der Waals surface area contributed by atoms with E-state index in [0.717, 1.165) is 23.8 Å². The first kappa shape index (κ1) is 13.2. The maximum Gasteiger partial charge on any atom is 0.257 e. The van der Waals surface area contributed by atoms with Crippen LogP contribution in [0.4, 0.5) is 14.5 Å². The molecule has 6 heteroatoms. The maximum atomic E-state index is 13.4. The molecule has 0 aliphatic carbocycles. The number of anilines is 1. The molecule has 1 aromatic heterocycles. The molecular weight excluding hydrogens is 276 g/mol. The average Bonchev–Trinajstić information content (AvgIpc) is 2.98. The van der Waals surface area contributed by atoms with E-state index in [-0.39, 0.29) is 12.2 Å². The fourth-order valence-corrected chi connectivity index (χ4v) is 1.83. The summed E-state index contributed by atoms with van der Waals surface area (Å²) < 4.78 is 31.6. The zero-order chi connectivity index (χ0) is 14.7. The Hall–Kier alpha value is -2.76. The minimum atomic E-state index is -0.539. The van der Waals surface area contributed by atoms with Crippen molar-refractivity contribution in [3.8, 4) is 11.5 Å². The Balaban J connectivity index is 1.72. The largest absolute Gasteiger partial charge is 0.375 e. The maximum absolute atomic E-state index is 13.4. The van der Waals surface area contributed by atoms with Gasteiger partial charge < -0.3 is 9.84 Å². The van der Waals surface area contributed by atoms with Crippen LogP contribution in [0.25, 0.3) is 11.5 Å². The van der Waals surface area contributed by atoms with Crippen LogP contribution >= 0.6 is 0 Å². The molecule has 1 heterocycles. The molecule has 0 atom stereocenters. The van der Waals surface area contributed by atoms with Crippen LogP contribution < -0.4 is 5.32 Å². The van der Waals surface area contributed by atoms with Crippen molar-refractivity contribution < 1.29 is 13.3 Å². The Kier molecular flexibility index (Phi) is 3.59. The number of nitrogens with zero attached hydrogens (tertiary/aromatic N) is 2. The smallest absolute Gasteiger partial charge is 0.257 e. The highest BCUT2D eigenvalue weighted by atomic mass is 19.1. The molecule has 1 N–H and O–H groups in total. The van der Waals surface area contributed by atoms with Crippen LogP contribution in [0.2, 0.25) is 0 Å². The van der Waals surface area contributed by atoms with E-state index >= 15 is 0 Å². The molecule has 0 spiro atoms. The van der Waals surface area contributed by atoms with Crippen LogP contribution in [0, 0.1) is 11.6 Å². The van der Waals surface area contributed by atoms with Gasteiger partial charge in [-0.3, -0.25) is 0 Å². The van der Waals surface area contributed by atoms with Gasteiger partial charge in [-0.25, -0.2) is 8.78 Å². The lowest BCUT2D eigenvalue weighted by Gasteiger charge is -2.04. The Bertz CT molecular complexity index is 744. The van der Waals surface area contributed by atoms with Gasteiger partial charge in [0.05, 0.1) is 12.2 Å². The minimum Gasteiger partial charge on any atom is -0.375 e. The molecule has 21 heavy (non-hydrogen) atoms.